The van der Waals surface area contributed by atoms with Crippen LogP contribution in [-0.2, 0) is 0 Å². The van der Waals surface area contributed by atoms with Crippen LogP contribution in [0.25, 0.3) is 55.8 Å². The Balaban J connectivity index is 1.20. The molecule has 6 aromatic rings. The van der Waals surface area contributed by atoms with E-state index in [1.807, 2.05) is 30.5 Å². The number of nitrogens with one attached hydrogen (secondary N) is 2. The van der Waals surface area contributed by atoms with E-state index in [9.17, 15) is 0 Å². The van der Waals surface area contributed by atoms with E-state index in [1.54, 1.807) is 24.9 Å². The van der Waals surface area contributed by atoms with Gasteiger partial charge in [0.1, 0.15) is 23.6 Å². The van der Waals surface area contributed by atoms with Crippen molar-refractivity contribution >= 4 is 22.1 Å². The highest BCUT2D eigenvalue weighted by atomic mass is 16.5. The second-order valence-electron chi connectivity index (χ2n) is 9.29. The summed E-state index contributed by atoms with van der Waals surface area (Å²) < 4.78 is 11.3. The molecule has 184 valence electrons. The normalized spacial score (nSPS) is 14.2. The fourth-order valence-corrected chi connectivity index (χ4v) is 5.00. The maximum absolute atomic E-state index is 6.02. The lowest BCUT2D eigenvalue weighted by molar-refractivity contribution is 0.237. The summed E-state index contributed by atoms with van der Waals surface area (Å²) in [4.78, 5) is 19.5. The molecule has 0 amide bonds. The molecule has 6 heterocycles. The lowest BCUT2D eigenvalue weighted by Crippen LogP contribution is -2.25. The summed E-state index contributed by atoms with van der Waals surface area (Å²) in [5.74, 6) is 1.43. The van der Waals surface area contributed by atoms with Crippen LogP contribution in [0.2, 0.25) is 0 Å². The second-order valence-corrected chi connectivity index (χ2v) is 9.29. The number of hydrogen-bond donors (Lipinski definition) is 2. The predicted octanol–water partition coefficient (Wildman–Crippen LogP) is 5.30. The molecule has 9 heteroatoms. The van der Waals surface area contributed by atoms with Gasteiger partial charge in [-0.15, -0.1) is 0 Å². The Morgan fingerprint density at radius 1 is 1.00 bits per heavy atom. The van der Waals surface area contributed by atoms with Gasteiger partial charge in [-0.1, -0.05) is 6.07 Å². The zero-order valence-electron chi connectivity index (χ0n) is 20.1. The van der Waals surface area contributed by atoms with Crippen LogP contribution >= 0.6 is 0 Å². The number of nitrogens with zero attached hydrogens (tertiary/aromatic N) is 5. The topological polar surface area (TPSA) is 109 Å². The number of H-pyrrole nitrogens is 2. The van der Waals surface area contributed by atoms with Gasteiger partial charge in [0.25, 0.3) is 0 Å². The first kappa shape index (κ1) is 21.8. The second kappa shape index (κ2) is 9.18. The molecule has 1 aliphatic heterocycles. The number of pyridine rings is 2. The van der Waals surface area contributed by atoms with Crippen LogP contribution in [0.4, 0.5) is 0 Å². The van der Waals surface area contributed by atoms with E-state index in [0.29, 0.717) is 18.1 Å². The number of imidazole rings is 1. The van der Waals surface area contributed by atoms with Gasteiger partial charge in [0, 0.05) is 41.0 Å². The summed E-state index contributed by atoms with van der Waals surface area (Å²) in [7, 11) is 0. The molecule has 1 fully saturated rings. The van der Waals surface area contributed by atoms with Gasteiger partial charge in [0.2, 0.25) is 0 Å². The molecular weight excluding hydrogens is 466 g/mol. The first-order valence-electron chi connectivity index (χ1n) is 12.5. The van der Waals surface area contributed by atoms with Gasteiger partial charge in [-0.2, -0.15) is 5.10 Å². The molecule has 0 spiro atoms. The number of likely N-dealkylation sites (tertiary alicyclic amines) is 1. The molecular formula is C28H25N7O2. The molecule has 0 bridgehead atoms. The fourth-order valence-electron chi connectivity index (χ4n) is 5.00. The minimum Gasteiger partial charge on any atom is -0.491 e. The first-order chi connectivity index (χ1) is 18.3. The van der Waals surface area contributed by atoms with Gasteiger partial charge in [-0.25, -0.2) is 9.97 Å². The Hall–Kier alpha value is -4.50. The summed E-state index contributed by atoms with van der Waals surface area (Å²) in [5, 5.41) is 8.66. The Labute approximate surface area is 212 Å². The summed E-state index contributed by atoms with van der Waals surface area (Å²) in [6.45, 7) is 3.95. The molecule has 0 unspecified atom stereocenters. The van der Waals surface area contributed by atoms with Crippen molar-refractivity contribution in [3.05, 3.63) is 67.5 Å². The van der Waals surface area contributed by atoms with Crippen LogP contribution in [0.3, 0.4) is 0 Å². The molecule has 2 N–H and O–H groups in total. The summed E-state index contributed by atoms with van der Waals surface area (Å²) in [6.07, 6.45) is 11.3. The van der Waals surface area contributed by atoms with Gasteiger partial charge < -0.3 is 14.1 Å². The number of furan rings is 1. The van der Waals surface area contributed by atoms with Crippen LogP contribution < -0.4 is 4.74 Å². The Morgan fingerprint density at radius 2 is 1.95 bits per heavy atom. The van der Waals surface area contributed by atoms with Gasteiger partial charge in [0.15, 0.2) is 11.5 Å². The van der Waals surface area contributed by atoms with E-state index in [-0.39, 0.29) is 0 Å². The van der Waals surface area contributed by atoms with Crippen molar-refractivity contribution in [2.75, 3.05) is 26.2 Å². The number of benzene rings is 1. The van der Waals surface area contributed by atoms with E-state index in [0.717, 1.165) is 56.7 Å². The van der Waals surface area contributed by atoms with Crippen molar-refractivity contribution < 1.29 is 9.15 Å². The third-order valence-corrected chi connectivity index (χ3v) is 6.93. The molecule has 0 saturated carbocycles. The number of rotatable bonds is 7. The number of hydrogen-bond acceptors (Lipinski definition) is 7. The van der Waals surface area contributed by atoms with E-state index in [2.05, 4.69) is 42.2 Å². The SMILES string of the molecule is c1cc(-c2ccoc2)c2nc(-c3n[nH]c4ccc(-c5cncc(OCCN6CCCC6)c5)cc34)[nH]c2n1. The maximum Gasteiger partial charge on any atom is 0.160 e. The van der Waals surface area contributed by atoms with E-state index >= 15 is 0 Å². The highest BCUT2D eigenvalue weighted by molar-refractivity contribution is 5.97. The third-order valence-electron chi connectivity index (χ3n) is 6.93. The van der Waals surface area contributed by atoms with E-state index in [4.69, 9.17) is 14.1 Å². The lowest BCUT2D eigenvalue weighted by Gasteiger charge is -2.15. The Bertz CT molecular complexity index is 1680. The average Bonchev–Trinajstić information content (AvgIpc) is 3.74. The molecule has 9 nitrogen and oxygen atoms in total. The van der Waals surface area contributed by atoms with Crippen molar-refractivity contribution in [3.63, 3.8) is 0 Å². The highest BCUT2D eigenvalue weighted by Crippen LogP contribution is 2.33. The number of aromatic nitrogens is 6. The Morgan fingerprint density at radius 3 is 2.84 bits per heavy atom. The van der Waals surface area contributed by atoms with Crippen LogP contribution in [0, 0.1) is 0 Å². The first-order valence-corrected chi connectivity index (χ1v) is 12.5. The van der Waals surface area contributed by atoms with Gasteiger partial charge in [0.05, 0.1) is 24.2 Å². The largest absolute Gasteiger partial charge is 0.491 e. The van der Waals surface area contributed by atoms with Crippen LogP contribution in [0.1, 0.15) is 12.8 Å². The van der Waals surface area contributed by atoms with Crippen molar-refractivity contribution in [2.24, 2.45) is 0 Å². The third kappa shape index (κ3) is 4.13. The monoisotopic (exact) mass is 491 g/mol. The van der Waals surface area contributed by atoms with Crippen molar-refractivity contribution in [1.29, 1.82) is 0 Å². The van der Waals surface area contributed by atoms with Crippen molar-refractivity contribution in [3.8, 4) is 39.5 Å². The maximum atomic E-state index is 6.02. The molecule has 1 aromatic carbocycles. The zero-order valence-corrected chi connectivity index (χ0v) is 20.1. The number of aromatic amines is 2. The molecule has 5 aromatic heterocycles. The quantitative estimate of drug-likeness (QED) is 0.312. The van der Waals surface area contributed by atoms with Crippen LogP contribution in [-0.4, -0.2) is 61.3 Å². The molecule has 1 aliphatic rings. The molecule has 0 radical (unpaired) electrons. The van der Waals surface area contributed by atoms with Gasteiger partial charge in [-0.05, 0) is 61.8 Å². The minimum absolute atomic E-state index is 0.652. The highest BCUT2D eigenvalue weighted by Gasteiger charge is 2.17. The summed E-state index contributed by atoms with van der Waals surface area (Å²) >= 11 is 0. The van der Waals surface area contributed by atoms with E-state index in [1.165, 1.54) is 25.9 Å². The smallest absolute Gasteiger partial charge is 0.160 e. The summed E-state index contributed by atoms with van der Waals surface area (Å²) in [5.41, 5.74) is 7.05. The minimum atomic E-state index is 0.652. The molecule has 0 atom stereocenters. The van der Waals surface area contributed by atoms with Crippen LogP contribution in [0.5, 0.6) is 5.75 Å². The molecule has 1 saturated heterocycles. The van der Waals surface area contributed by atoms with E-state index < -0.39 is 0 Å². The van der Waals surface area contributed by atoms with Crippen molar-refractivity contribution in [2.45, 2.75) is 12.8 Å². The summed E-state index contributed by atoms with van der Waals surface area (Å²) in [6, 6.07) is 12.1. The Kier molecular flexibility index (Phi) is 5.40. The average molecular weight is 492 g/mol. The number of fused-ring (bicyclic) bond motifs is 2. The van der Waals surface area contributed by atoms with Gasteiger partial charge in [-0.3, -0.25) is 15.0 Å². The number of ether oxygens (including phenoxy) is 1. The van der Waals surface area contributed by atoms with Gasteiger partial charge >= 0.3 is 0 Å². The zero-order chi connectivity index (χ0) is 24.6. The van der Waals surface area contributed by atoms with Crippen LogP contribution in [0.15, 0.2) is 71.9 Å². The standard InChI is InChI=1S/C28H25N7O2/c1-2-9-35(8-1)10-12-37-21-13-20(15-29-16-21)18-3-4-24-23(14-18)26(34-33-24)28-31-25-22(19-6-11-36-17-19)5-7-30-27(25)32-28/h3-7,11,13-17H,1-2,8-10,12H2,(H,33,34)(H,30,31,32). The lowest BCUT2D eigenvalue weighted by atomic mass is 10.0. The van der Waals surface area contributed by atoms with Crippen molar-refractivity contribution in [1.82, 2.24) is 35.0 Å². The molecule has 7 rings (SSSR count). The molecule has 37 heavy (non-hydrogen) atoms. The fraction of sp³-hybridized carbons (Fsp3) is 0.214. The molecule has 0 aliphatic carbocycles. The predicted molar refractivity (Wildman–Crippen MR) is 141 cm³/mol.